The van der Waals surface area contributed by atoms with Gasteiger partial charge in [0.15, 0.2) is 0 Å². The van der Waals surface area contributed by atoms with Gasteiger partial charge in [0.1, 0.15) is 5.75 Å². The minimum atomic E-state index is 0.0150. The number of aryl methyl sites for hydroxylation is 1. The van der Waals surface area contributed by atoms with E-state index in [0.29, 0.717) is 22.2 Å². The van der Waals surface area contributed by atoms with E-state index in [1.54, 1.807) is 10.7 Å². The van der Waals surface area contributed by atoms with Crippen LogP contribution in [-0.4, -0.2) is 36.5 Å². The minimum absolute atomic E-state index is 0.0150. The summed E-state index contributed by atoms with van der Waals surface area (Å²) in [6.07, 6.45) is 8.20. The van der Waals surface area contributed by atoms with Crippen molar-refractivity contribution in [2.75, 3.05) is 6.54 Å². The number of rotatable bonds is 2. The van der Waals surface area contributed by atoms with Gasteiger partial charge >= 0.3 is 0 Å². The standard InChI is InChI=1S/C23H23N5O2/c1-27-13-14-10-17(21(29)11-20(14)26-27)18-3-2-16-19(25-18)5-9-28(22(16)30)15-4-8-24-23(12-15)6-7-23/h2-3,5,9-11,13,15,24,29H,4,6-8,12H2,1H3/t15-/m0/s1. The molecule has 1 aliphatic carbocycles. The van der Waals surface area contributed by atoms with Gasteiger partial charge in [0.2, 0.25) is 0 Å². The lowest BCUT2D eigenvalue weighted by Crippen LogP contribution is -2.42. The predicted molar refractivity (Wildman–Crippen MR) is 116 cm³/mol. The molecule has 2 N–H and O–H groups in total. The molecule has 1 aliphatic heterocycles. The number of nitrogens with one attached hydrogen (secondary N) is 1. The van der Waals surface area contributed by atoms with Gasteiger partial charge in [0.05, 0.1) is 22.1 Å². The highest BCUT2D eigenvalue weighted by molar-refractivity contribution is 5.89. The number of piperidine rings is 1. The summed E-state index contributed by atoms with van der Waals surface area (Å²) in [5, 5.41) is 20.0. The van der Waals surface area contributed by atoms with Crippen LogP contribution in [0.5, 0.6) is 5.75 Å². The van der Waals surface area contributed by atoms with Crippen molar-refractivity contribution in [1.82, 2.24) is 24.6 Å². The number of aromatic hydroxyl groups is 1. The summed E-state index contributed by atoms with van der Waals surface area (Å²) in [5.41, 5.74) is 2.94. The Hall–Kier alpha value is -3.19. The van der Waals surface area contributed by atoms with E-state index in [0.717, 1.165) is 30.3 Å². The summed E-state index contributed by atoms with van der Waals surface area (Å²) < 4.78 is 3.61. The van der Waals surface area contributed by atoms with E-state index in [2.05, 4.69) is 10.4 Å². The van der Waals surface area contributed by atoms with Crippen LogP contribution in [0.4, 0.5) is 0 Å². The van der Waals surface area contributed by atoms with Crippen molar-refractivity contribution in [2.45, 2.75) is 37.3 Å². The van der Waals surface area contributed by atoms with Crippen molar-refractivity contribution in [1.29, 1.82) is 0 Å². The van der Waals surface area contributed by atoms with Crippen molar-refractivity contribution in [2.24, 2.45) is 7.05 Å². The zero-order valence-corrected chi connectivity index (χ0v) is 16.8. The normalized spacial score (nSPS) is 20.2. The number of pyridine rings is 2. The number of phenolic OH excluding ortho intramolecular Hbond substituents is 1. The molecule has 6 rings (SSSR count). The first-order valence-corrected chi connectivity index (χ1v) is 10.5. The second-order valence-electron chi connectivity index (χ2n) is 8.74. The molecule has 1 saturated heterocycles. The Balaban J connectivity index is 1.42. The van der Waals surface area contributed by atoms with Crippen molar-refractivity contribution >= 4 is 21.8 Å². The quantitative estimate of drug-likeness (QED) is 0.539. The molecule has 4 heterocycles. The number of hydrogen-bond acceptors (Lipinski definition) is 5. The van der Waals surface area contributed by atoms with Crippen LogP contribution < -0.4 is 10.9 Å². The molecular formula is C23H23N5O2. The van der Waals surface area contributed by atoms with E-state index >= 15 is 0 Å². The predicted octanol–water partition coefficient (Wildman–Crippen LogP) is 3.11. The Morgan fingerprint density at radius 1 is 1.20 bits per heavy atom. The maximum atomic E-state index is 13.2. The second-order valence-corrected chi connectivity index (χ2v) is 8.74. The molecule has 1 aromatic carbocycles. The highest BCUT2D eigenvalue weighted by Crippen LogP contribution is 2.45. The first-order chi connectivity index (χ1) is 14.5. The number of fused-ring (bicyclic) bond motifs is 2. The first-order valence-electron chi connectivity index (χ1n) is 10.5. The van der Waals surface area contributed by atoms with Crippen LogP contribution in [0.2, 0.25) is 0 Å². The van der Waals surface area contributed by atoms with Gasteiger partial charge in [-0.2, -0.15) is 5.10 Å². The maximum Gasteiger partial charge on any atom is 0.260 e. The van der Waals surface area contributed by atoms with Gasteiger partial charge in [-0.25, -0.2) is 4.98 Å². The molecule has 2 fully saturated rings. The van der Waals surface area contributed by atoms with Gasteiger partial charge in [0, 0.05) is 48.0 Å². The summed E-state index contributed by atoms with van der Waals surface area (Å²) in [7, 11) is 1.85. The molecule has 7 heteroatoms. The fraction of sp³-hybridized carbons (Fsp3) is 0.348. The topological polar surface area (TPSA) is 85.0 Å². The smallest absolute Gasteiger partial charge is 0.260 e. The second kappa shape index (κ2) is 6.15. The number of aromatic nitrogens is 4. The number of nitrogens with zero attached hydrogens (tertiary/aromatic N) is 4. The molecule has 1 saturated carbocycles. The van der Waals surface area contributed by atoms with Gasteiger partial charge in [-0.1, -0.05) is 0 Å². The molecule has 3 aromatic heterocycles. The maximum absolute atomic E-state index is 13.2. The van der Waals surface area contributed by atoms with Crippen LogP contribution in [0.15, 0.2) is 47.5 Å². The van der Waals surface area contributed by atoms with Gasteiger partial charge in [0.25, 0.3) is 5.56 Å². The summed E-state index contributed by atoms with van der Waals surface area (Å²) >= 11 is 0. The molecule has 1 atom stereocenters. The largest absolute Gasteiger partial charge is 0.507 e. The molecule has 30 heavy (non-hydrogen) atoms. The monoisotopic (exact) mass is 401 g/mol. The summed E-state index contributed by atoms with van der Waals surface area (Å²) in [6.45, 7) is 0.961. The average molecular weight is 401 g/mol. The zero-order chi connectivity index (χ0) is 20.5. The molecule has 4 aromatic rings. The molecule has 7 nitrogen and oxygen atoms in total. The van der Waals surface area contributed by atoms with E-state index in [9.17, 15) is 9.90 Å². The van der Waals surface area contributed by atoms with Crippen LogP contribution in [0.1, 0.15) is 31.7 Å². The number of benzene rings is 1. The summed E-state index contributed by atoms with van der Waals surface area (Å²) in [5.74, 6) is 0.130. The highest BCUT2D eigenvalue weighted by Gasteiger charge is 2.46. The zero-order valence-electron chi connectivity index (χ0n) is 16.8. The third kappa shape index (κ3) is 2.73. The molecule has 1 spiro atoms. The van der Waals surface area contributed by atoms with Crippen LogP contribution in [-0.2, 0) is 7.05 Å². The Labute approximate surface area is 173 Å². The SMILES string of the molecule is Cn1cc2cc(-c3ccc4c(=O)n([C@H]5CCNC6(CC6)C5)ccc4n3)c(O)cc2n1. The van der Waals surface area contributed by atoms with Crippen molar-refractivity contribution < 1.29 is 5.11 Å². The van der Waals surface area contributed by atoms with Crippen LogP contribution in [0.25, 0.3) is 33.1 Å². The van der Waals surface area contributed by atoms with E-state index in [4.69, 9.17) is 4.98 Å². The lowest BCUT2D eigenvalue weighted by atomic mass is 9.97. The van der Waals surface area contributed by atoms with Gasteiger partial charge < -0.3 is 15.0 Å². The Kier molecular flexibility index (Phi) is 3.62. The van der Waals surface area contributed by atoms with Crippen LogP contribution in [0, 0.1) is 0 Å². The summed E-state index contributed by atoms with van der Waals surface area (Å²) in [6, 6.07) is 9.34. The molecule has 0 bridgehead atoms. The van der Waals surface area contributed by atoms with Crippen LogP contribution >= 0.6 is 0 Å². The minimum Gasteiger partial charge on any atom is -0.507 e. The third-order valence-electron chi connectivity index (χ3n) is 6.65. The van der Waals surface area contributed by atoms with Crippen LogP contribution in [0.3, 0.4) is 0 Å². The lowest BCUT2D eigenvalue weighted by molar-refractivity contribution is 0.282. The fourth-order valence-electron chi connectivity index (χ4n) is 4.87. The van der Waals surface area contributed by atoms with Crippen molar-refractivity contribution in [3.63, 3.8) is 0 Å². The lowest BCUT2D eigenvalue weighted by Gasteiger charge is -2.31. The Morgan fingerprint density at radius 3 is 2.90 bits per heavy atom. The van der Waals surface area contributed by atoms with Gasteiger partial charge in [-0.3, -0.25) is 9.48 Å². The van der Waals surface area contributed by atoms with Gasteiger partial charge in [-0.05, 0) is 56.5 Å². The van der Waals surface area contributed by atoms with E-state index < -0.39 is 0 Å². The molecule has 0 unspecified atom stereocenters. The van der Waals surface area contributed by atoms with Gasteiger partial charge in [-0.15, -0.1) is 0 Å². The first kappa shape index (κ1) is 17.7. The third-order valence-corrected chi connectivity index (χ3v) is 6.65. The average Bonchev–Trinajstić information content (AvgIpc) is 3.37. The van der Waals surface area contributed by atoms with E-state index in [1.165, 1.54) is 12.8 Å². The number of phenols is 1. The van der Waals surface area contributed by atoms with Crippen molar-refractivity contribution in [3.8, 4) is 17.0 Å². The molecule has 152 valence electrons. The summed E-state index contributed by atoms with van der Waals surface area (Å²) in [4.78, 5) is 17.9. The molecule has 0 radical (unpaired) electrons. The number of hydrogen-bond donors (Lipinski definition) is 2. The van der Waals surface area contributed by atoms with Crippen molar-refractivity contribution in [3.05, 3.63) is 53.1 Å². The fourth-order valence-corrected chi connectivity index (χ4v) is 4.87. The van der Waals surface area contributed by atoms with E-state index in [1.807, 2.05) is 48.3 Å². The Morgan fingerprint density at radius 2 is 2.07 bits per heavy atom. The molecule has 2 aliphatic rings. The molecular weight excluding hydrogens is 378 g/mol. The Bertz CT molecular complexity index is 1370. The van der Waals surface area contributed by atoms with E-state index in [-0.39, 0.29) is 22.9 Å². The highest BCUT2D eigenvalue weighted by atomic mass is 16.3. The molecule has 0 amide bonds.